The van der Waals surface area contributed by atoms with Crippen molar-refractivity contribution in [2.75, 3.05) is 7.11 Å². The molecule has 0 saturated carbocycles. The largest absolute Gasteiger partial charge is 0.481 e. The van der Waals surface area contributed by atoms with E-state index < -0.39 is 17.9 Å². The summed E-state index contributed by atoms with van der Waals surface area (Å²) >= 11 is 0. The quantitative estimate of drug-likeness (QED) is 0.694. The summed E-state index contributed by atoms with van der Waals surface area (Å²) in [4.78, 5) is 21.6. The summed E-state index contributed by atoms with van der Waals surface area (Å²) in [5.41, 5.74) is 0.697. The minimum atomic E-state index is -0.954. The summed E-state index contributed by atoms with van der Waals surface area (Å²) in [5, 5.41) is 15.0. The molecule has 0 aliphatic carbocycles. The number of carboxylic acids is 1. The van der Waals surface area contributed by atoms with E-state index in [1.54, 1.807) is 6.20 Å². The Morgan fingerprint density at radius 2 is 2.33 bits per heavy atom. The van der Waals surface area contributed by atoms with Gasteiger partial charge in [-0.15, -0.1) is 0 Å². The second-order valence-corrected chi connectivity index (χ2v) is 3.11. The summed E-state index contributed by atoms with van der Waals surface area (Å²) < 4.78 is 4.50. The molecule has 82 valence electrons. The number of aliphatic carboxylic acids is 1. The lowest BCUT2D eigenvalue weighted by Gasteiger charge is -2.10. The van der Waals surface area contributed by atoms with Gasteiger partial charge >= 0.3 is 11.9 Å². The van der Waals surface area contributed by atoms with Gasteiger partial charge in [-0.05, 0) is 5.56 Å². The van der Waals surface area contributed by atoms with Gasteiger partial charge in [0.2, 0.25) is 0 Å². The monoisotopic (exact) mass is 212 g/mol. The van der Waals surface area contributed by atoms with E-state index in [2.05, 4.69) is 14.9 Å². The number of carbonyl (C=O) groups excluding carboxylic acids is 1. The number of methoxy groups -OCH3 is 1. The molecule has 0 bridgehead atoms. The number of aromatic nitrogens is 2. The molecular formula is C9H12N2O4. The molecule has 0 radical (unpaired) electrons. The van der Waals surface area contributed by atoms with Crippen LogP contribution >= 0.6 is 0 Å². The molecule has 0 amide bonds. The summed E-state index contributed by atoms with van der Waals surface area (Å²) in [6.07, 6.45) is 3.02. The highest BCUT2D eigenvalue weighted by atomic mass is 16.5. The molecule has 1 rings (SSSR count). The smallest absolute Gasteiger partial charge is 0.306 e. The van der Waals surface area contributed by atoms with Crippen molar-refractivity contribution in [3.63, 3.8) is 0 Å². The third-order valence-corrected chi connectivity index (χ3v) is 2.05. The summed E-state index contributed by atoms with van der Waals surface area (Å²) in [6.45, 7) is 0. The van der Waals surface area contributed by atoms with Crippen LogP contribution in [0.1, 0.15) is 24.3 Å². The molecule has 0 saturated heterocycles. The Morgan fingerprint density at radius 3 is 2.80 bits per heavy atom. The Hall–Kier alpha value is -1.85. The average molecular weight is 212 g/mol. The molecular weight excluding hydrogens is 200 g/mol. The molecule has 6 nitrogen and oxygen atoms in total. The molecule has 1 aromatic rings. The highest BCUT2D eigenvalue weighted by Crippen LogP contribution is 2.22. The van der Waals surface area contributed by atoms with Crippen LogP contribution in [0.4, 0.5) is 0 Å². The standard InChI is InChI=1S/C9H12N2O4/c1-15-9(14)3-6(2-8(12)13)7-4-10-11-5-7/h4-6H,2-3H2,1H3,(H,10,11)(H,12,13). The number of nitrogens with zero attached hydrogens (tertiary/aromatic N) is 1. The van der Waals surface area contributed by atoms with Gasteiger partial charge in [-0.2, -0.15) is 5.10 Å². The Morgan fingerprint density at radius 1 is 1.60 bits per heavy atom. The molecule has 1 heterocycles. The molecule has 0 aromatic carbocycles. The maximum Gasteiger partial charge on any atom is 0.306 e. The molecule has 6 heteroatoms. The van der Waals surface area contributed by atoms with Crippen molar-refractivity contribution in [3.05, 3.63) is 18.0 Å². The van der Waals surface area contributed by atoms with Gasteiger partial charge in [-0.1, -0.05) is 0 Å². The topological polar surface area (TPSA) is 92.3 Å². The number of rotatable bonds is 5. The lowest BCUT2D eigenvalue weighted by atomic mass is 9.95. The first-order chi connectivity index (χ1) is 7.13. The van der Waals surface area contributed by atoms with Crippen LogP contribution in [0.25, 0.3) is 0 Å². The van der Waals surface area contributed by atoms with Crippen LogP contribution < -0.4 is 0 Å². The van der Waals surface area contributed by atoms with Crippen LogP contribution in [0.2, 0.25) is 0 Å². The van der Waals surface area contributed by atoms with E-state index in [-0.39, 0.29) is 12.8 Å². The summed E-state index contributed by atoms with van der Waals surface area (Å²) in [5.74, 6) is -1.78. The third kappa shape index (κ3) is 3.41. The predicted molar refractivity (Wildman–Crippen MR) is 50.2 cm³/mol. The highest BCUT2D eigenvalue weighted by Gasteiger charge is 2.20. The fourth-order valence-electron chi connectivity index (χ4n) is 1.29. The first-order valence-electron chi connectivity index (χ1n) is 4.40. The summed E-state index contributed by atoms with van der Waals surface area (Å²) in [7, 11) is 1.27. The maximum absolute atomic E-state index is 11.1. The zero-order valence-corrected chi connectivity index (χ0v) is 8.27. The van der Waals surface area contributed by atoms with Crippen LogP contribution in [0.5, 0.6) is 0 Å². The third-order valence-electron chi connectivity index (χ3n) is 2.05. The molecule has 0 fully saturated rings. The zero-order valence-electron chi connectivity index (χ0n) is 8.27. The van der Waals surface area contributed by atoms with Crippen LogP contribution in [0.3, 0.4) is 0 Å². The van der Waals surface area contributed by atoms with Gasteiger partial charge in [-0.3, -0.25) is 14.7 Å². The first kappa shape index (κ1) is 11.2. The van der Waals surface area contributed by atoms with Gasteiger partial charge in [0.25, 0.3) is 0 Å². The first-order valence-corrected chi connectivity index (χ1v) is 4.40. The van der Waals surface area contributed by atoms with Crippen molar-refractivity contribution in [2.45, 2.75) is 18.8 Å². The lowest BCUT2D eigenvalue weighted by Crippen LogP contribution is -2.12. The number of esters is 1. The van der Waals surface area contributed by atoms with Gasteiger partial charge in [0.15, 0.2) is 0 Å². The predicted octanol–water partition coefficient (Wildman–Crippen LogP) is 0.531. The number of nitrogens with one attached hydrogen (secondary N) is 1. The maximum atomic E-state index is 11.1. The van der Waals surface area contributed by atoms with Gasteiger partial charge in [0.05, 0.1) is 26.1 Å². The number of carbonyl (C=O) groups is 2. The average Bonchev–Trinajstić information content (AvgIpc) is 2.68. The number of H-pyrrole nitrogens is 1. The Balaban J connectivity index is 2.70. The van der Waals surface area contributed by atoms with E-state index in [9.17, 15) is 9.59 Å². The van der Waals surface area contributed by atoms with Crippen molar-refractivity contribution in [1.82, 2.24) is 10.2 Å². The van der Waals surface area contributed by atoms with Crippen LogP contribution in [0.15, 0.2) is 12.4 Å². The normalized spacial score (nSPS) is 12.1. The SMILES string of the molecule is COC(=O)CC(CC(=O)O)c1cn[nH]c1. The van der Waals surface area contributed by atoms with E-state index in [0.29, 0.717) is 5.56 Å². The second-order valence-electron chi connectivity index (χ2n) is 3.11. The molecule has 15 heavy (non-hydrogen) atoms. The van der Waals surface area contributed by atoms with Gasteiger partial charge in [-0.25, -0.2) is 0 Å². The number of hydrogen-bond donors (Lipinski definition) is 2. The van der Waals surface area contributed by atoms with Crippen LogP contribution in [0, 0.1) is 0 Å². The van der Waals surface area contributed by atoms with Crippen molar-refractivity contribution in [2.24, 2.45) is 0 Å². The van der Waals surface area contributed by atoms with Crippen LogP contribution in [-0.4, -0.2) is 34.4 Å². The van der Waals surface area contributed by atoms with Crippen molar-refractivity contribution in [3.8, 4) is 0 Å². The second kappa shape index (κ2) is 5.14. The molecule has 1 atom stereocenters. The van der Waals surface area contributed by atoms with E-state index >= 15 is 0 Å². The van der Waals surface area contributed by atoms with Crippen molar-refractivity contribution >= 4 is 11.9 Å². The molecule has 1 unspecified atom stereocenters. The number of ether oxygens (including phenoxy) is 1. The Kier molecular flexibility index (Phi) is 3.84. The number of carboxylic acid groups (broad SMARTS) is 1. The summed E-state index contributed by atoms with van der Waals surface area (Å²) in [6, 6.07) is 0. The minimum Gasteiger partial charge on any atom is -0.481 e. The minimum absolute atomic E-state index is 0.0440. The van der Waals surface area contributed by atoms with Crippen LogP contribution in [-0.2, 0) is 14.3 Å². The van der Waals surface area contributed by atoms with Gasteiger partial charge in [0, 0.05) is 12.1 Å². The van der Waals surface area contributed by atoms with E-state index in [0.717, 1.165) is 0 Å². The van der Waals surface area contributed by atoms with Gasteiger partial charge in [0.1, 0.15) is 0 Å². The molecule has 2 N–H and O–H groups in total. The molecule has 0 aliphatic heterocycles. The molecule has 0 aliphatic rings. The zero-order chi connectivity index (χ0) is 11.3. The number of hydrogen-bond acceptors (Lipinski definition) is 4. The van der Waals surface area contributed by atoms with Crippen molar-refractivity contribution in [1.29, 1.82) is 0 Å². The van der Waals surface area contributed by atoms with Crippen molar-refractivity contribution < 1.29 is 19.4 Å². The Bertz CT molecular complexity index is 334. The number of aromatic amines is 1. The molecule has 0 spiro atoms. The highest BCUT2D eigenvalue weighted by molar-refractivity contribution is 5.73. The fourth-order valence-corrected chi connectivity index (χ4v) is 1.29. The van der Waals surface area contributed by atoms with E-state index in [1.807, 2.05) is 0 Å². The lowest BCUT2D eigenvalue weighted by molar-refractivity contribution is -0.141. The van der Waals surface area contributed by atoms with Gasteiger partial charge < -0.3 is 9.84 Å². The molecule has 1 aromatic heterocycles. The van der Waals surface area contributed by atoms with E-state index in [1.165, 1.54) is 13.3 Å². The van der Waals surface area contributed by atoms with E-state index in [4.69, 9.17) is 5.11 Å². The Labute approximate surface area is 86.2 Å². The fraction of sp³-hybridized carbons (Fsp3) is 0.444.